The van der Waals surface area contributed by atoms with Gasteiger partial charge < -0.3 is 10.7 Å². The highest BCUT2D eigenvalue weighted by Gasteiger charge is 2.16. The molecule has 128 valence electrons. The average molecular weight is 341 g/mol. The summed E-state index contributed by atoms with van der Waals surface area (Å²) in [5.74, 6) is 0.621. The van der Waals surface area contributed by atoms with Crippen LogP contribution in [-0.2, 0) is 24.2 Å². The van der Waals surface area contributed by atoms with Gasteiger partial charge in [-0.2, -0.15) is 0 Å². The molecule has 2 aromatic heterocycles. The van der Waals surface area contributed by atoms with E-state index in [9.17, 15) is 4.79 Å². The van der Waals surface area contributed by atoms with E-state index in [1.165, 1.54) is 0 Å². The molecule has 0 spiro atoms. The highest BCUT2D eigenvalue weighted by molar-refractivity contribution is 5.85. The van der Waals surface area contributed by atoms with Gasteiger partial charge >= 0.3 is 0 Å². The number of carbonyl (C=O) groups excluding carboxylic acids is 1. The van der Waals surface area contributed by atoms with E-state index in [2.05, 4.69) is 41.1 Å². The molecule has 23 heavy (non-hydrogen) atoms. The lowest BCUT2D eigenvalue weighted by atomic mass is 9.90. The number of anilines is 1. The van der Waals surface area contributed by atoms with Crippen molar-refractivity contribution < 1.29 is 4.79 Å². The van der Waals surface area contributed by atoms with Crippen LogP contribution in [0.25, 0.3) is 0 Å². The molecule has 0 unspecified atom stereocenters. The Hall–Kier alpha value is -1.89. The van der Waals surface area contributed by atoms with Crippen LogP contribution in [0, 0.1) is 5.41 Å². The van der Waals surface area contributed by atoms with Gasteiger partial charge in [0.2, 0.25) is 0 Å². The number of ketones is 1. The zero-order valence-electron chi connectivity index (χ0n) is 13.9. The number of imidazole rings is 1. The van der Waals surface area contributed by atoms with Crippen molar-refractivity contribution in [2.45, 2.75) is 53.0 Å². The number of nitrogens with two attached hydrogens (primary N) is 1. The normalized spacial score (nSPS) is 11.3. The average Bonchev–Trinajstić information content (AvgIpc) is 2.97. The molecular weight excluding hydrogens is 316 g/mol. The molecule has 0 saturated heterocycles. The van der Waals surface area contributed by atoms with Crippen molar-refractivity contribution in [2.24, 2.45) is 5.41 Å². The zero-order chi connectivity index (χ0) is 16.2. The van der Waals surface area contributed by atoms with E-state index in [0.717, 1.165) is 30.7 Å². The minimum atomic E-state index is 0. The predicted molar refractivity (Wildman–Crippen MR) is 91.4 cm³/mol. The van der Waals surface area contributed by atoms with Gasteiger partial charge in [-0.05, 0) is 24.7 Å². The fraction of sp³-hybridized carbons (Fsp3) is 0.600. The van der Waals surface area contributed by atoms with Crippen molar-refractivity contribution in [3.8, 4) is 0 Å². The van der Waals surface area contributed by atoms with Gasteiger partial charge in [-0.25, -0.2) is 9.67 Å². The van der Waals surface area contributed by atoms with Crippen molar-refractivity contribution in [1.82, 2.24) is 25.0 Å². The van der Waals surface area contributed by atoms with Crippen LogP contribution in [0.5, 0.6) is 0 Å². The molecule has 0 aliphatic carbocycles. The summed E-state index contributed by atoms with van der Waals surface area (Å²) < 4.78 is 1.62. The predicted octanol–water partition coefficient (Wildman–Crippen LogP) is 2.19. The van der Waals surface area contributed by atoms with Gasteiger partial charge in [0.05, 0.1) is 11.9 Å². The molecule has 2 aromatic rings. The van der Waals surface area contributed by atoms with Gasteiger partial charge in [0, 0.05) is 18.3 Å². The fourth-order valence-corrected chi connectivity index (χ4v) is 2.32. The summed E-state index contributed by atoms with van der Waals surface area (Å²) >= 11 is 0. The molecular formula is C15H25ClN6O. The third kappa shape index (κ3) is 6.81. The molecule has 3 N–H and O–H groups in total. The number of hydrogen-bond acceptors (Lipinski definition) is 5. The number of aromatic amines is 1. The first-order valence-corrected chi connectivity index (χ1v) is 7.52. The van der Waals surface area contributed by atoms with Crippen LogP contribution in [0.3, 0.4) is 0 Å². The molecule has 0 saturated carbocycles. The first-order valence-electron chi connectivity index (χ1n) is 7.52. The van der Waals surface area contributed by atoms with E-state index in [0.29, 0.717) is 18.9 Å². The first kappa shape index (κ1) is 19.2. The summed E-state index contributed by atoms with van der Waals surface area (Å²) in [6.45, 7) is 6.46. The number of aromatic nitrogens is 5. The minimum absolute atomic E-state index is 0. The lowest BCUT2D eigenvalue weighted by Gasteiger charge is -2.16. The molecule has 0 fully saturated rings. The number of nitrogen functional groups attached to an aromatic ring is 1. The molecule has 0 aliphatic heterocycles. The summed E-state index contributed by atoms with van der Waals surface area (Å²) in [5, 5.41) is 8.13. The standard InChI is InChI=1S/C15H24N6O.ClH/c1-15(2,3)7-13(22)10-21-9-12(19-20-21)6-4-5-11-8-17-14(16)18-11;/h8-9H,4-7,10H2,1-3H3,(H3,16,17,18);1H. The summed E-state index contributed by atoms with van der Waals surface area (Å²) in [6.07, 6.45) is 6.74. The second kappa shape index (κ2) is 8.10. The van der Waals surface area contributed by atoms with Crippen molar-refractivity contribution in [1.29, 1.82) is 0 Å². The number of nitrogens with one attached hydrogen (secondary N) is 1. The van der Waals surface area contributed by atoms with Gasteiger partial charge in [-0.1, -0.05) is 26.0 Å². The molecule has 2 rings (SSSR count). The second-order valence-corrected chi connectivity index (χ2v) is 6.83. The van der Waals surface area contributed by atoms with E-state index in [1.54, 1.807) is 10.9 Å². The molecule has 0 atom stereocenters. The first-order chi connectivity index (χ1) is 10.3. The molecule has 0 aromatic carbocycles. The smallest absolute Gasteiger partial charge is 0.197 e. The Balaban J connectivity index is 0.00000264. The van der Waals surface area contributed by atoms with Crippen molar-refractivity contribution >= 4 is 24.1 Å². The van der Waals surface area contributed by atoms with Crippen LogP contribution in [-0.4, -0.2) is 30.7 Å². The fourth-order valence-electron chi connectivity index (χ4n) is 2.32. The monoisotopic (exact) mass is 340 g/mol. The third-order valence-corrected chi connectivity index (χ3v) is 3.18. The van der Waals surface area contributed by atoms with Crippen molar-refractivity contribution in [3.05, 3.63) is 23.8 Å². The summed E-state index contributed by atoms with van der Waals surface area (Å²) in [4.78, 5) is 18.9. The lowest BCUT2D eigenvalue weighted by molar-refractivity contribution is -0.121. The number of carbonyl (C=O) groups is 1. The maximum Gasteiger partial charge on any atom is 0.197 e. The summed E-state index contributed by atoms with van der Waals surface area (Å²) in [5.41, 5.74) is 7.45. The number of hydrogen-bond donors (Lipinski definition) is 2. The molecule has 0 amide bonds. The van der Waals surface area contributed by atoms with E-state index < -0.39 is 0 Å². The van der Waals surface area contributed by atoms with Crippen LogP contribution in [0.15, 0.2) is 12.4 Å². The summed E-state index contributed by atoms with van der Waals surface area (Å²) in [6, 6.07) is 0. The molecule has 8 heteroatoms. The maximum atomic E-state index is 11.9. The topological polar surface area (TPSA) is 102 Å². The second-order valence-electron chi connectivity index (χ2n) is 6.83. The largest absolute Gasteiger partial charge is 0.369 e. The number of nitrogens with zero attached hydrogens (tertiary/aromatic N) is 4. The Labute approximate surface area is 142 Å². The van der Waals surface area contributed by atoms with Crippen LogP contribution >= 0.6 is 12.4 Å². The van der Waals surface area contributed by atoms with Crippen LogP contribution in [0.4, 0.5) is 5.95 Å². The summed E-state index contributed by atoms with van der Waals surface area (Å²) in [7, 11) is 0. The number of Topliss-reactive ketones (excluding diaryl/α,β-unsaturated/α-hetero) is 1. The molecule has 0 bridgehead atoms. The Bertz CT molecular complexity index is 628. The van der Waals surface area contributed by atoms with Crippen molar-refractivity contribution in [2.75, 3.05) is 5.73 Å². The number of H-pyrrole nitrogens is 1. The van der Waals surface area contributed by atoms with Crippen LogP contribution in [0.2, 0.25) is 0 Å². The highest BCUT2D eigenvalue weighted by atomic mass is 35.5. The quantitative estimate of drug-likeness (QED) is 0.804. The Morgan fingerprint density at radius 1 is 1.35 bits per heavy atom. The molecule has 7 nitrogen and oxygen atoms in total. The number of aryl methyl sites for hydroxylation is 2. The highest BCUT2D eigenvalue weighted by Crippen LogP contribution is 2.19. The van der Waals surface area contributed by atoms with Crippen LogP contribution < -0.4 is 5.73 Å². The Morgan fingerprint density at radius 3 is 2.70 bits per heavy atom. The molecule has 0 radical (unpaired) electrons. The van der Waals surface area contributed by atoms with Gasteiger partial charge in [0.1, 0.15) is 6.54 Å². The third-order valence-electron chi connectivity index (χ3n) is 3.18. The molecule has 2 heterocycles. The zero-order valence-corrected chi connectivity index (χ0v) is 14.7. The minimum Gasteiger partial charge on any atom is -0.369 e. The Morgan fingerprint density at radius 2 is 2.09 bits per heavy atom. The van der Waals surface area contributed by atoms with Crippen LogP contribution in [0.1, 0.15) is 45.0 Å². The maximum absolute atomic E-state index is 11.9. The van der Waals surface area contributed by atoms with E-state index in [-0.39, 0.29) is 23.6 Å². The SMILES string of the molecule is CC(C)(C)CC(=O)Cn1cc(CCCc2cnc(N)[nH]2)nn1.Cl. The Kier molecular flexibility index (Phi) is 6.75. The van der Waals surface area contributed by atoms with Gasteiger partial charge in [0.25, 0.3) is 0 Å². The van der Waals surface area contributed by atoms with Gasteiger partial charge in [-0.15, -0.1) is 17.5 Å². The number of rotatable bonds is 7. The van der Waals surface area contributed by atoms with Crippen molar-refractivity contribution in [3.63, 3.8) is 0 Å². The van der Waals surface area contributed by atoms with E-state index in [4.69, 9.17) is 5.73 Å². The van der Waals surface area contributed by atoms with Gasteiger partial charge in [-0.3, -0.25) is 4.79 Å². The van der Waals surface area contributed by atoms with E-state index >= 15 is 0 Å². The van der Waals surface area contributed by atoms with Gasteiger partial charge in [0.15, 0.2) is 11.7 Å². The van der Waals surface area contributed by atoms with E-state index in [1.807, 2.05) is 6.20 Å². The lowest BCUT2D eigenvalue weighted by Crippen LogP contribution is -2.18. The number of halogens is 1. The molecule has 0 aliphatic rings.